The lowest BCUT2D eigenvalue weighted by Crippen LogP contribution is -2.60. The van der Waals surface area contributed by atoms with E-state index >= 15 is 0 Å². The monoisotopic (exact) mass is 430 g/mol. The summed E-state index contributed by atoms with van der Waals surface area (Å²) in [7, 11) is 2.02. The summed E-state index contributed by atoms with van der Waals surface area (Å²) in [5, 5.41) is 0.932. The first-order valence-corrected chi connectivity index (χ1v) is 10.8. The lowest BCUT2D eigenvalue weighted by molar-refractivity contribution is -0.130. The Labute approximate surface area is 186 Å². The summed E-state index contributed by atoms with van der Waals surface area (Å²) in [5.74, 6) is -0.521. The van der Waals surface area contributed by atoms with Gasteiger partial charge in [0.25, 0.3) is 5.91 Å². The van der Waals surface area contributed by atoms with Crippen LogP contribution in [0.1, 0.15) is 21.5 Å². The zero-order valence-electron chi connectivity index (χ0n) is 18.1. The number of fused-ring (bicyclic) bond motifs is 2. The number of amides is 2. The number of likely N-dealkylation sites (tertiary alicyclic amines) is 1. The molecule has 7 heteroatoms. The van der Waals surface area contributed by atoms with Crippen LogP contribution in [0.4, 0.5) is 5.69 Å². The van der Waals surface area contributed by atoms with Gasteiger partial charge in [-0.25, -0.2) is 0 Å². The molecular weight excluding hydrogens is 404 g/mol. The van der Waals surface area contributed by atoms with E-state index < -0.39 is 5.91 Å². The van der Waals surface area contributed by atoms with Gasteiger partial charge in [-0.3, -0.25) is 9.59 Å². The standard InChI is InChI=1S/C25H26N4O3/c1-3-23(30)29-12-18(13-29)28(2)22-7-6-19(25(26)31)24-20(22)11-21(27-24)16-5-4-15-8-9-32-14-17(15)10-16/h3-7,10-11,18,27H,1,8-9,12-14H2,2H3,(H2,26,31). The summed E-state index contributed by atoms with van der Waals surface area (Å²) >= 11 is 0. The first-order valence-electron chi connectivity index (χ1n) is 10.8. The smallest absolute Gasteiger partial charge is 0.250 e. The molecule has 3 aromatic rings. The summed E-state index contributed by atoms with van der Waals surface area (Å²) in [5.41, 5.74) is 12.3. The molecule has 0 saturated carbocycles. The van der Waals surface area contributed by atoms with E-state index in [1.54, 1.807) is 11.0 Å². The van der Waals surface area contributed by atoms with Crippen LogP contribution in [0.3, 0.4) is 0 Å². The number of nitrogens with one attached hydrogen (secondary N) is 1. The number of ether oxygens (including phenoxy) is 1. The average molecular weight is 431 g/mol. The number of primary amides is 1. The van der Waals surface area contributed by atoms with Crippen molar-refractivity contribution < 1.29 is 14.3 Å². The molecule has 1 saturated heterocycles. The summed E-state index contributed by atoms with van der Waals surface area (Å²) in [4.78, 5) is 31.3. The predicted molar refractivity (Wildman–Crippen MR) is 125 cm³/mol. The second kappa shape index (κ2) is 7.84. The van der Waals surface area contributed by atoms with E-state index in [1.807, 2.05) is 13.1 Å². The number of rotatable bonds is 5. The number of carbonyl (C=O) groups is 2. The summed E-state index contributed by atoms with van der Waals surface area (Å²) in [6, 6.07) is 12.4. The molecule has 2 amide bonds. The first kappa shape index (κ1) is 20.3. The van der Waals surface area contributed by atoms with Gasteiger partial charge >= 0.3 is 0 Å². The molecule has 5 rings (SSSR count). The van der Waals surface area contributed by atoms with E-state index in [-0.39, 0.29) is 11.9 Å². The molecule has 2 aromatic carbocycles. The van der Waals surface area contributed by atoms with Crippen LogP contribution in [0.5, 0.6) is 0 Å². The fourth-order valence-corrected chi connectivity index (χ4v) is 4.61. The van der Waals surface area contributed by atoms with Crippen molar-refractivity contribution in [3.05, 3.63) is 65.7 Å². The Morgan fingerprint density at radius 2 is 2.03 bits per heavy atom. The maximum atomic E-state index is 12.1. The number of likely N-dealkylation sites (N-methyl/N-ethyl adjacent to an activating group) is 1. The van der Waals surface area contributed by atoms with Crippen molar-refractivity contribution in [2.24, 2.45) is 5.73 Å². The summed E-state index contributed by atoms with van der Waals surface area (Å²) in [6.45, 7) is 6.21. The van der Waals surface area contributed by atoms with Crippen LogP contribution in [-0.2, 0) is 22.6 Å². The molecule has 0 aliphatic carbocycles. The van der Waals surface area contributed by atoms with Crippen LogP contribution in [0.2, 0.25) is 0 Å². The van der Waals surface area contributed by atoms with E-state index in [2.05, 4.69) is 40.7 Å². The van der Waals surface area contributed by atoms with Gasteiger partial charge in [-0.15, -0.1) is 0 Å². The first-order chi connectivity index (χ1) is 15.5. The third-order valence-electron chi connectivity index (χ3n) is 6.60. The molecule has 7 nitrogen and oxygen atoms in total. The Balaban J connectivity index is 1.53. The zero-order valence-corrected chi connectivity index (χ0v) is 18.1. The molecule has 0 atom stereocenters. The number of aromatic amines is 1. The number of H-pyrrole nitrogens is 1. The highest BCUT2D eigenvalue weighted by Crippen LogP contribution is 2.35. The lowest BCUT2D eigenvalue weighted by Gasteiger charge is -2.44. The molecule has 32 heavy (non-hydrogen) atoms. The van der Waals surface area contributed by atoms with Gasteiger partial charge in [0, 0.05) is 36.9 Å². The largest absolute Gasteiger partial charge is 0.376 e. The van der Waals surface area contributed by atoms with Crippen molar-refractivity contribution in [3.8, 4) is 11.3 Å². The average Bonchev–Trinajstić information content (AvgIpc) is 3.22. The van der Waals surface area contributed by atoms with E-state index in [4.69, 9.17) is 10.5 Å². The minimum absolute atomic E-state index is 0.0517. The number of carbonyl (C=O) groups excluding carboxylic acids is 2. The fourth-order valence-electron chi connectivity index (χ4n) is 4.61. The summed E-state index contributed by atoms with van der Waals surface area (Å²) < 4.78 is 5.61. The van der Waals surface area contributed by atoms with Gasteiger partial charge in [0.2, 0.25) is 5.91 Å². The van der Waals surface area contributed by atoms with Crippen molar-refractivity contribution in [3.63, 3.8) is 0 Å². The van der Waals surface area contributed by atoms with Crippen LogP contribution in [0.15, 0.2) is 49.1 Å². The molecule has 2 aliphatic heterocycles. The number of hydrogen-bond donors (Lipinski definition) is 2. The minimum atomic E-state index is -0.470. The van der Waals surface area contributed by atoms with Crippen LogP contribution < -0.4 is 10.6 Å². The van der Waals surface area contributed by atoms with Crippen molar-refractivity contribution in [1.82, 2.24) is 9.88 Å². The van der Waals surface area contributed by atoms with Crippen LogP contribution in [0.25, 0.3) is 22.2 Å². The molecule has 0 bridgehead atoms. The highest BCUT2D eigenvalue weighted by atomic mass is 16.5. The number of benzene rings is 2. The van der Waals surface area contributed by atoms with Crippen molar-refractivity contribution >= 4 is 28.4 Å². The van der Waals surface area contributed by atoms with E-state index in [1.165, 1.54) is 17.2 Å². The van der Waals surface area contributed by atoms with Gasteiger partial charge in [0.15, 0.2) is 0 Å². The molecule has 0 spiro atoms. The summed E-state index contributed by atoms with van der Waals surface area (Å²) in [6.07, 6.45) is 2.27. The number of hydrogen-bond acceptors (Lipinski definition) is 4. The molecule has 3 heterocycles. The maximum absolute atomic E-state index is 12.1. The Kier molecular flexibility index (Phi) is 4.98. The second-order valence-corrected chi connectivity index (χ2v) is 8.47. The molecule has 0 unspecified atom stereocenters. The van der Waals surface area contributed by atoms with Crippen molar-refractivity contribution in [2.45, 2.75) is 19.1 Å². The second-order valence-electron chi connectivity index (χ2n) is 8.47. The van der Waals surface area contributed by atoms with Gasteiger partial charge in [-0.05, 0) is 53.5 Å². The Morgan fingerprint density at radius 3 is 2.78 bits per heavy atom. The quantitative estimate of drug-likeness (QED) is 0.609. The highest BCUT2D eigenvalue weighted by molar-refractivity contribution is 6.10. The van der Waals surface area contributed by atoms with E-state index in [9.17, 15) is 9.59 Å². The predicted octanol–water partition coefficient (Wildman–Crippen LogP) is 2.84. The zero-order chi connectivity index (χ0) is 22.4. The van der Waals surface area contributed by atoms with Crippen LogP contribution in [0, 0.1) is 0 Å². The fraction of sp³-hybridized carbons (Fsp3) is 0.280. The molecule has 2 aliphatic rings. The number of anilines is 1. The topological polar surface area (TPSA) is 91.7 Å². The highest BCUT2D eigenvalue weighted by Gasteiger charge is 2.33. The lowest BCUT2D eigenvalue weighted by atomic mass is 9.99. The third-order valence-corrected chi connectivity index (χ3v) is 6.60. The molecular formula is C25H26N4O3. The minimum Gasteiger partial charge on any atom is -0.376 e. The molecule has 164 valence electrons. The van der Waals surface area contributed by atoms with Crippen molar-refractivity contribution in [2.75, 3.05) is 31.6 Å². The normalized spacial score (nSPS) is 15.8. The van der Waals surface area contributed by atoms with Crippen LogP contribution in [-0.4, -0.2) is 54.5 Å². The van der Waals surface area contributed by atoms with Gasteiger partial charge in [0.05, 0.1) is 30.3 Å². The van der Waals surface area contributed by atoms with Crippen LogP contribution >= 0.6 is 0 Å². The van der Waals surface area contributed by atoms with Gasteiger partial charge < -0.3 is 25.3 Å². The van der Waals surface area contributed by atoms with Gasteiger partial charge in [-0.2, -0.15) is 0 Å². The van der Waals surface area contributed by atoms with Gasteiger partial charge in [0.1, 0.15) is 0 Å². The molecule has 0 radical (unpaired) electrons. The maximum Gasteiger partial charge on any atom is 0.250 e. The molecule has 3 N–H and O–H groups in total. The third kappa shape index (κ3) is 3.35. The van der Waals surface area contributed by atoms with E-state index in [0.29, 0.717) is 25.3 Å². The molecule has 1 aromatic heterocycles. The Hall–Kier alpha value is -3.58. The Morgan fingerprint density at radius 1 is 1.22 bits per heavy atom. The number of nitrogens with zero attached hydrogens (tertiary/aromatic N) is 2. The van der Waals surface area contributed by atoms with Gasteiger partial charge in [-0.1, -0.05) is 18.7 Å². The number of aromatic nitrogens is 1. The van der Waals surface area contributed by atoms with E-state index in [0.717, 1.165) is 40.9 Å². The Bertz CT molecular complexity index is 1240. The number of nitrogens with two attached hydrogens (primary N) is 1. The molecule has 1 fully saturated rings. The van der Waals surface area contributed by atoms with Crippen molar-refractivity contribution in [1.29, 1.82) is 0 Å². The SMILES string of the molecule is C=CC(=O)N1CC(N(C)c2ccc(C(N)=O)c3[nH]c(-c4ccc5c(c4)COCC5)cc23)C1.